The monoisotopic (exact) mass is 687 g/mol. The Bertz CT molecular complexity index is 1810. The first-order valence-corrected chi connectivity index (χ1v) is 16.0. The second-order valence-corrected chi connectivity index (χ2v) is 12.0. The highest BCUT2D eigenvalue weighted by Crippen LogP contribution is 2.53. The molecule has 1 N–H and O–H groups in total. The average molecular weight is 688 g/mol. The lowest BCUT2D eigenvalue weighted by Crippen LogP contribution is -2.41. The highest BCUT2D eigenvalue weighted by molar-refractivity contribution is 7.48. The normalized spacial score (nSPS) is 21.8. The Morgan fingerprint density at radius 3 is 2.27 bits per heavy atom. The van der Waals surface area contributed by atoms with Crippen LogP contribution in [0.4, 0.5) is 4.79 Å². The van der Waals surface area contributed by atoms with Gasteiger partial charge in [0.15, 0.2) is 12.3 Å². The van der Waals surface area contributed by atoms with Crippen molar-refractivity contribution in [1.82, 2.24) is 14.6 Å². The highest BCUT2D eigenvalue weighted by Gasteiger charge is 2.52. The first kappa shape index (κ1) is 34.3. The van der Waals surface area contributed by atoms with Crippen LogP contribution in [0.1, 0.15) is 48.3 Å². The molecule has 0 spiro atoms. The van der Waals surface area contributed by atoms with Gasteiger partial charge in [-0.1, -0.05) is 42.3 Å². The third-order valence-electron chi connectivity index (χ3n) is 7.21. The van der Waals surface area contributed by atoms with Crippen molar-refractivity contribution in [2.75, 3.05) is 7.11 Å². The maximum absolute atomic E-state index is 13.8. The molecule has 3 unspecified atom stereocenters. The van der Waals surface area contributed by atoms with E-state index in [9.17, 15) is 33.3 Å². The second-order valence-electron chi connectivity index (χ2n) is 10.4. The number of phosphoric acid groups is 1. The lowest BCUT2D eigenvalue weighted by molar-refractivity contribution is -0.177. The number of phosphoric ester groups is 1. The van der Waals surface area contributed by atoms with Crippen LogP contribution in [0, 0.1) is 0 Å². The quantitative estimate of drug-likeness (QED) is 0.165. The molecule has 0 saturated carbocycles. The number of nitrogens with one attached hydrogen (secondary N) is 1. The van der Waals surface area contributed by atoms with Gasteiger partial charge in [-0.05, 0) is 36.2 Å². The number of carbonyl (C=O) groups excluding carboxylic acids is 4. The summed E-state index contributed by atoms with van der Waals surface area (Å²) in [5.74, 6) is -2.08. The predicted molar refractivity (Wildman–Crippen MR) is 160 cm³/mol. The number of rotatable bonds is 12. The van der Waals surface area contributed by atoms with Crippen LogP contribution in [0.25, 0.3) is 0 Å². The molecule has 17 nitrogen and oxygen atoms in total. The van der Waals surface area contributed by atoms with Crippen LogP contribution in [0.15, 0.2) is 76.4 Å². The van der Waals surface area contributed by atoms with Crippen molar-refractivity contribution in [3.8, 4) is 5.75 Å². The predicted octanol–water partition coefficient (Wildman–Crippen LogP) is 3.01. The Labute approximate surface area is 271 Å². The van der Waals surface area contributed by atoms with Crippen LogP contribution < -0.4 is 15.8 Å². The van der Waals surface area contributed by atoms with Crippen LogP contribution in [0.5, 0.6) is 5.75 Å². The molecule has 5 rings (SSSR count). The number of nitrogens with zero attached hydrogens (tertiary/aromatic N) is 2. The highest BCUT2D eigenvalue weighted by atomic mass is 31.2. The fourth-order valence-electron chi connectivity index (χ4n) is 4.83. The van der Waals surface area contributed by atoms with Crippen LogP contribution >= 0.6 is 7.82 Å². The van der Waals surface area contributed by atoms with Gasteiger partial charge in [0.05, 0.1) is 11.7 Å². The molecule has 2 amide bonds. The number of hydroxylamine groups is 2. The molecule has 48 heavy (non-hydrogen) atoms. The molecule has 3 heterocycles. The molecule has 1 aromatic heterocycles. The number of esters is 1. The molecule has 2 aromatic carbocycles. The van der Waals surface area contributed by atoms with E-state index in [1.165, 1.54) is 42.6 Å². The van der Waals surface area contributed by atoms with Crippen molar-refractivity contribution in [2.45, 2.75) is 57.3 Å². The van der Waals surface area contributed by atoms with Gasteiger partial charge < -0.3 is 18.7 Å². The Kier molecular flexibility index (Phi) is 10.5. The van der Waals surface area contributed by atoms with Gasteiger partial charge in [0.25, 0.3) is 17.4 Å². The van der Waals surface area contributed by atoms with Gasteiger partial charge in [-0.25, -0.2) is 18.9 Å². The zero-order chi connectivity index (χ0) is 34.4. The van der Waals surface area contributed by atoms with Gasteiger partial charge in [0, 0.05) is 32.2 Å². The molecule has 2 fully saturated rings. The van der Waals surface area contributed by atoms with E-state index in [0.29, 0.717) is 10.6 Å². The van der Waals surface area contributed by atoms with Gasteiger partial charge in [0.2, 0.25) is 0 Å². The Morgan fingerprint density at radius 1 is 0.958 bits per heavy atom. The summed E-state index contributed by atoms with van der Waals surface area (Å²) in [6, 6.07) is 14.8. The molecule has 254 valence electrons. The van der Waals surface area contributed by atoms with Crippen LogP contribution in [0.3, 0.4) is 0 Å². The summed E-state index contributed by atoms with van der Waals surface area (Å²) in [4.78, 5) is 79.5. The number of imide groups is 1. The number of benzene rings is 2. The van der Waals surface area contributed by atoms with Crippen LogP contribution in [-0.4, -0.2) is 64.0 Å². The lowest BCUT2D eigenvalue weighted by atomic mass is 10.1. The molecule has 18 heteroatoms. The molecular formula is C30H30N3O14P. The van der Waals surface area contributed by atoms with Crippen molar-refractivity contribution in [2.24, 2.45) is 0 Å². The van der Waals surface area contributed by atoms with Gasteiger partial charge in [-0.2, -0.15) is 0 Å². The summed E-state index contributed by atoms with van der Waals surface area (Å²) in [7, 11) is -3.40. The molecule has 0 bridgehead atoms. The first-order chi connectivity index (χ1) is 23.0. The summed E-state index contributed by atoms with van der Waals surface area (Å²) < 4.78 is 48.3. The fraction of sp³-hybridized carbons (Fsp3) is 0.333. The summed E-state index contributed by atoms with van der Waals surface area (Å²) in [5.41, 5.74) is -0.879. The molecule has 2 saturated heterocycles. The maximum atomic E-state index is 13.8. The Balaban J connectivity index is 1.31. The lowest BCUT2D eigenvalue weighted by Gasteiger charge is -2.27. The number of H-pyrrole nitrogens is 1. The summed E-state index contributed by atoms with van der Waals surface area (Å²) >= 11 is 0. The molecule has 0 aliphatic carbocycles. The topological polar surface area (TPSA) is 208 Å². The van der Waals surface area contributed by atoms with Crippen LogP contribution in [-0.2, 0) is 48.9 Å². The van der Waals surface area contributed by atoms with E-state index in [0.717, 1.165) is 17.7 Å². The summed E-state index contributed by atoms with van der Waals surface area (Å²) in [6.45, 7) is 1.43. The van der Waals surface area contributed by atoms with E-state index >= 15 is 0 Å². The minimum atomic E-state index is -4.48. The second kappa shape index (κ2) is 14.8. The minimum absolute atomic E-state index is 0.0120. The standard InChI is InChI=1S/C30H30N3O14P/c1-3-21-25(26(44-28(37)19-7-5-4-6-8-19)27(43-21)32-16-15-22(34)31-29(32)38)47-48(40,41-2)46-20-11-9-18(10-12-20)17-42-30(39)45-33-23(35)13-14-24(33)36/h4-12,15-16,21,25-27H,3,13-14,17H2,1-2H3,(H,31,34,38)/t21-,25?,26?,27-,48?/m1/s1. The first-order valence-electron chi connectivity index (χ1n) is 14.6. The number of hydrogen-bond acceptors (Lipinski definition) is 14. The molecule has 2 aliphatic heterocycles. The van der Waals surface area contributed by atoms with Gasteiger partial charge >= 0.3 is 25.6 Å². The number of aromatic nitrogens is 2. The van der Waals surface area contributed by atoms with E-state index in [1.807, 2.05) is 0 Å². The zero-order valence-corrected chi connectivity index (χ0v) is 26.4. The van der Waals surface area contributed by atoms with E-state index in [-0.39, 0.29) is 37.2 Å². The third kappa shape index (κ3) is 7.88. The van der Waals surface area contributed by atoms with Crippen LogP contribution in [0.2, 0.25) is 0 Å². The molecule has 0 radical (unpaired) electrons. The summed E-state index contributed by atoms with van der Waals surface area (Å²) in [5, 5.41) is 0.355. The van der Waals surface area contributed by atoms with Crippen molar-refractivity contribution in [3.63, 3.8) is 0 Å². The molecule has 3 aromatic rings. The molecular weight excluding hydrogens is 657 g/mol. The van der Waals surface area contributed by atoms with Crippen molar-refractivity contribution in [3.05, 3.63) is 98.8 Å². The van der Waals surface area contributed by atoms with Crippen molar-refractivity contribution in [1.29, 1.82) is 0 Å². The molecule has 2 aliphatic rings. The number of amides is 2. The van der Waals surface area contributed by atoms with E-state index < -0.39 is 67.6 Å². The van der Waals surface area contributed by atoms with Gasteiger partial charge in [0.1, 0.15) is 18.5 Å². The smallest absolute Gasteiger partial charge is 0.451 e. The minimum Gasteiger partial charge on any atom is -0.451 e. The summed E-state index contributed by atoms with van der Waals surface area (Å²) in [6.07, 6.45) is -4.81. The van der Waals surface area contributed by atoms with Crippen molar-refractivity contribution < 1.29 is 56.4 Å². The van der Waals surface area contributed by atoms with Crippen molar-refractivity contribution >= 4 is 31.8 Å². The SMILES string of the molecule is CC[C@H]1O[C@@H](n2ccc(=O)[nH]c2=O)C(OC(=O)c2ccccc2)C1OP(=O)(OC)Oc1ccc(COC(=O)ON2C(=O)CCC2=O)cc1. The van der Waals surface area contributed by atoms with Gasteiger partial charge in [-0.3, -0.25) is 37.8 Å². The Morgan fingerprint density at radius 2 is 1.65 bits per heavy atom. The average Bonchev–Trinajstić information content (AvgIpc) is 3.58. The largest absolute Gasteiger partial charge is 0.534 e. The number of carbonyl (C=O) groups is 4. The number of hydrogen-bond donors (Lipinski definition) is 1. The Hall–Kier alpha value is -5.09. The maximum Gasteiger partial charge on any atom is 0.534 e. The number of ether oxygens (including phenoxy) is 3. The van der Waals surface area contributed by atoms with Gasteiger partial charge in [-0.15, -0.1) is 0 Å². The zero-order valence-electron chi connectivity index (χ0n) is 25.5. The van der Waals surface area contributed by atoms with E-state index in [2.05, 4.69) is 9.82 Å². The fourth-order valence-corrected chi connectivity index (χ4v) is 5.97. The third-order valence-corrected chi connectivity index (χ3v) is 8.59. The number of aromatic amines is 1. The van der Waals surface area contributed by atoms with E-state index in [1.54, 1.807) is 25.1 Å². The molecule has 5 atom stereocenters. The van der Waals surface area contributed by atoms with E-state index in [4.69, 9.17) is 27.8 Å².